The summed E-state index contributed by atoms with van der Waals surface area (Å²) in [6, 6.07) is 14.6. The van der Waals surface area contributed by atoms with Crippen LogP contribution in [-0.4, -0.2) is 38.2 Å². The summed E-state index contributed by atoms with van der Waals surface area (Å²) in [5.41, 5.74) is 2.05. The van der Waals surface area contributed by atoms with E-state index in [2.05, 4.69) is 17.6 Å². The summed E-state index contributed by atoms with van der Waals surface area (Å²) >= 11 is 0. The highest BCUT2D eigenvalue weighted by atomic mass is 16.5. The third-order valence-electron chi connectivity index (χ3n) is 4.29. The van der Waals surface area contributed by atoms with Gasteiger partial charge in [-0.1, -0.05) is 38.1 Å². The number of hydrogen-bond donors (Lipinski definition) is 2. The highest BCUT2D eigenvalue weighted by molar-refractivity contribution is 6.04. The molecule has 0 heterocycles. The van der Waals surface area contributed by atoms with Gasteiger partial charge in [0, 0.05) is 13.7 Å². The summed E-state index contributed by atoms with van der Waals surface area (Å²) in [5.74, 6) is 0.0843. The molecule has 2 aromatic rings. The number of methoxy groups -OCH3 is 1. The van der Waals surface area contributed by atoms with Crippen LogP contribution in [0.5, 0.6) is 5.75 Å². The number of para-hydroxylation sites is 1. The lowest BCUT2D eigenvalue weighted by atomic mass is 10.1. The Morgan fingerprint density at radius 1 is 1.04 bits per heavy atom. The Balaban J connectivity index is 2.06. The average Bonchev–Trinajstić information content (AvgIpc) is 2.72. The fraction of sp³-hybridized carbons (Fsp3) is 0.364. The fourth-order valence-electron chi connectivity index (χ4n) is 2.66. The van der Waals surface area contributed by atoms with Crippen LogP contribution in [0.25, 0.3) is 0 Å². The lowest BCUT2D eigenvalue weighted by Gasteiger charge is -2.18. The van der Waals surface area contributed by atoms with Crippen LogP contribution in [0.4, 0.5) is 5.69 Å². The number of rotatable bonds is 10. The van der Waals surface area contributed by atoms with E-state index in [9.17, 15) is 9.59 Å². The number of hydrogen-bond acceptors (Lipinski definition) is 4. The molecule has 0 radical (unpaired) electrons. The van der Waals surface area contributed by atoms with Crippen molar-refractivity contribution in [3.8, 4) is 5.75 Å². The maximum atomic E-state index is 12.7. The standard InChI is InChI=1S/C22H28N2O4/c1-4-16-10-12-17(13-11-16)28-20(5-2)22(26)24-19-9-7-6-8-18(19)21(25)23-14-15-27-3/h6-13,20H,4-5,14-15H2,1-3H3,(H,23,25)(H,24,26)/t20-/m1/s1. The van der Waals surface area contributed by atoms with E-state index in [1.54, 1.807) is 31.4 Å². The van der Waals surface area contributed by atoms with Gasteiger partial charge in [0.05, 0.1) is 17.9 Å². The Kier molecular flexibility index (Phi) is 8.49. The quantitative estimate of drug-likeness (QED) is 0.616. The number of nitrogens with one attached hydrogen (secondary N) is 2. The van der Waals surface area contributed by atoms with Crippen LogP contribution < -0.4 is 15.4 Å². The summed E-state index contributed by atoms with van der Waals surface area (Å²) in [7, 11) is 1.57. The molecule has 2 rings (SSSR count). The van der Waals surface area contributed by atoms with Crippen molar-refractivity contribution >= 4 is 17.5 Å². The van der Waals surface area contributed by atoms with Crippen molar-refractivity contribution in [3.05, 3.63) is 59.7 Å². The van der Waals surface area contributed by atoms with Gasteiger partial charge in [-0.3, -0.25) is 9.59 Å². The molecule has 0 fully saturated rings. The summed E-state index contributed by atoms with van der Waals surface area (Å²) in [6.45, 7) is 4.78. The molecule has 6 nitrogen and oxygen atoms in total. The van der Waals surface area contributed by atoms with Gasteiger partial charge in [0.2, 0.25) is 0 Å². The number of anilines is 1. The number of benzene rings is 2. The van der Waals surface area contributed by atoms with Crippen molar-refractivity contribution in [2.45, 2.75) is 32.8 Å². The molecule has 2 amide bonds. The van der Waals surface area contributed by atoms with E-state index in [1.807, 2.05) is 31.2 Å². The zero-order valence-corrected chi connectivity index (χ0v) is 16.7. The third kappa shape index (κ3) is 6.09. The SMILES string of the molecule is CCc1ccc(O[C@H](CC)C(=O)Nc2ccccc2C(=O)NCCOC)cc1. The molecule has 1 atom stereocenters. The molecule has 0 spiro atoms. The van der Waals surface area contributed by atoms with Gasteiger partial charge in [0.15, 0.2) is 6.10 Å². The largest absolute Gasteiger partial charge is 0.481 e. The molecule has 28 heavy (non-hydrogen) atoms. The molecule has 0 saturated carbocycles. The molecule has 0 unspecified atom stereocenters. The minimum Gasteiger partial charge on any atom is -0.481 e. The first-order chi connectivity index (χ1) is 13.6. The number of amides is 2. The Bertz CT molecular complexity index is 774. The van der Waals surface area contributed by atoms with Crippen molar-refractivity contribution in [1.29, 1.82) is 0 Å². The second kappa shape index (κ2) is 11.1. The maximum absolute atomic E-state index is 12.7. The van der Waals surface area contributed by atoms with Gasteiger partial charge in [-0.15, -0.1) is 0 Å². The van der Waals surface area contributed by atoms with Crippen LogP contribution in [0.1, 0.15) is 36.2 Å². The molecule has 0 saturated heterocycles. The number of carbonyl (C=O) groups is 2. The van der Waals surface area contributed by atoms with Crippen molar-refractivity contribution in [3.63, 3.8) is 0 Å². The number of carbonyl (C=O) groups excluding carboxylic acids is 2. The first kappa shape index (κ1) is 21.4. The Morgan fingerprint density at radius 2 is 1.75 bits per heavy atom. The summed E-state index contributed by atoms with van der Waals surface area (Å²) < 4.78 is 10.8. The van der Waals surface area contributed by atoms with E-state index >= 15 is 0 Å². The van der Waals surface area contributed by atoms with Crippen LogP contribution in [0, 0.1) is 0 Å². The summed E-state index contributed by atoms with van der Waals surface area (Å²) in [5, 5.41) is 5.58. The van der Waals surface area contributed by atoms with E-state index in [1.165, 1.54) is 5.56 Å². The first-order valence-electron chi connectivity index (χ1n) is 9.51. The van der Waals surface area contributed by atoms with Crippen molar-refractivity contribution in [1.82, 2.24) is 5.32 Å². The zero-order chi connectivity index (χ0) is 20.4. The summed E-state index contributed by atoms with van der Waals surface area (Å²) in [4.78, 5) is 25.1. The van der Waals surface area contributed by atoms with Gasteiger partial charge < -0.3 is 20.1 Å². The maximum Gasteiger partial charge on any atom is 0.265 e. The highest BCUT2D eigenvalue weighted by Gasteiger charge is 2.21. The fourth-order valence-corrected chi connectivity index (χ4v) is 2.66. The Labute approximate surface area is 166 Å². The second-order valence-electron chi connectivity index (χ2n) is 6.30. The molecular weight excluding hydrogens is 356 g/mol. The summed E-state index contributed by atoms with van der Waals surface area (Å²) in [6.07, 6.45) is 0.794. The van der Waals surface area contributed by atoms with Crippen LogP contribution in [0.15, 0.2) is 48.5 Å². The van der Waals surface area contributed by atoms with Gasteiger partial charge >= 0.3 is 0 Å². The predicted octanol–water partition coefficient (Wildman–Crippen LogP) is 3.42. The van der Waals surface area contributed by atoms with Gasteiger partial charge in [0.1, 0.15) is 5.75 Å². The van der Waals surface area contributed by atoms with E-state index in [0.29, 0.717) is 36.6 Å². The molecule has 2 N–H and O–H groups in total. The second-order valence-corrected chi connectivity index (χ2v) is 6.30. The molecule has 0 bridgehead atoms. The smallest absolute Gasteiger partial charge is 0.265 e. The van der Waals surface area contributed by atoms with E-state index in [-0.39, 0.29) is 11.8 Å². The van der Waals surface area contributed by atoms with Gasteiger partial charge in [-0.05, 0) is 42.7 Å². The van der Waals surface area contributed by atoms with Gasteiger partial charge in [-0.2, -0.15) is 0 Å². The number of aryl methyl sites for hydroxylation is 1. The van der Waals surface area contributed by atoms with Gasteiger partial charge in [-0.25, -0.2) is 0 Å². The van der Waals surface area contributed by atoms with Crippen molar-refractivity contribution in [2.75, 3.05) is 25.6 Å². The molecule has 0 aliphatic heterocycles. The minimum absolute atomic E-state index is 0.267. The molecule has 2 aromatic carbocycles. The molecule has 150 valence electrons. The van der Waals surface area contributed by atoms with Crippen LogP contribution in [0.2, 0.25) is 0 Å². The zero-order valence-electron chi connectivity index (χ0n) is 16.7. The van der Waals surface area contributed by atoms with Crippen molar-refractivity contribution < 1.29 is 19.1 Å². The highest BCUT2D eigenvalue weighted by Crippen LogP contribution is 2.19. The van der Waals surface area contributed by atoms with E-state index < -0.39 is 6.10 Å². The first-order valence-corrected chi connectivity index (χ1v) is 9.51. The molecule has 0 aliphatic carbocycles. The topological polar surface area (TPSA) is 76.7 Å². The van der Waals surface area contributed by atoms with Crippen LogP contribution in [-0.2, 0) is 16.0 Å². The molecule has 0 aromatic heterocycles. The third-order valence-corrected chi connectivity index (χ3v) is 4.29. The van der Waals surface area contributed by atoms with Gasteiger partial charge in [0.25, 0.3) is 11.8 Å². The molecule has 0 aliphatic rings. The molecular formula is C22H28N2O4. The Morgan fingerprint density at radius 3 is 2.39 bits per heavy atom. The van der Waals surface area contributed by atoms with E-state index in [4.69, 9.17) is 9.47 Å². The van der Waals surface area contributed by atoms with Crippen LogP contribution in [0.3, 0.4) is 0 Å². The van der Waals surface area contributed by atoms with Crippen LogP contribution >= 0.6 is 0 Å². The lowest BCUT2D eigenvalue weighted by molar-refractivity contribution is -0.122. The monoisotopic (exact) mass is 384 g/mol. The van der Waals surface area contributed by atoms with E-state index in [0.717, 1.165) is 6.42 Å². The van der Waals surface area contributed by atoms with Crippen molar-refractivity contribution in [2.24, 2.45) is 0 Å². The lowest BCUT2D eigenvalue weighted by Crippen LogP contribution is -2.34. The number of ether oxygens (including phenoxy) is 2. The predicted molar refractivity (Wildman–Crippen MR) is 110 cm³/mol. The Hall–Kier alpha value is -2.86. The minimum atomic E-state index is -0.655. The normalized spacial score (nSPS) is 11.5. The molecule has 6 heteroatoms. The average molecular weight is 384 g/mol.